The minimum Gasteiger partial charge on any atom is -0.362 e. The zero-order valence-electron chi connectivity index (χ0n) is 21.8. The van der Waals surface area contributed by atoms with Gasteiger partial charge in [-0.1, -0.05) is 69.5 Å². The van der Waals surface area contributed by atoms with Gasteiger partial charge < -0.3 is 5.32 Å². The van der Waals surface area contributed by atoms with E-state index < -0.39 is 4.92 Å². The van der Waals surface area contributed by atoms with Gasteiger partial charge in [-0.3, -0.25) is 14.9 Å². The third-order valence-corrected chi connectivity index (χ3v) is 5.16. The molecule has 35 heavy (non-hydrogen) atoms. The molecule has 0 spiro atoms. The average molecular weight is 498 g/mol. The maximum atomic E-state index is 11.9. The van der Waals surface area contributed by atoms with Crippen LogP contribution in [0.4, 0.5) is 0 Å². The van der Waals surface area contributed by atoms with Crippen LogP contribution in [0.3, 0.4) is 0 Å². The van der Waals surface area contributed by atoms with E-state index in [0.29, 0.717) is 17.5 Å². The van der Waals surface area contributed by atoms with E-state index >= 15 is 0 Å². The Bertz CT molecular complexity index is 960. The number of nitro groups is 1. The smallest absolute Gasteiger partial charge is 0.269 e. The largest absolute Gasteiger partial charge is 0.362 e. The van der Waals surface area contributed by atoms with E-state index in [2.05, 4.69) is 45.3 Å². The summed E-state index contributed by atoms with van der Waals surface area (Å²) in [6.45, 7) is 15.4. The van der Waals surface area contributed by atoms with Crippen LogP contribution in [0, 0.1) is 16.0 Å². The van der Waals surface area contributed by atoms with E-state index in [4.69, 9.17) is 4.99 Å². The van der Waals surface area contributed by atoms with Crippen LogP contribution in [-0.2, 0) is 4.79 Å². The zero-order valence-corrected chi connectivity index (χ0v) is 22.6. The Labute approximate surface area is 214 Å². The fourth-order valence-corrected chi connectivity index (χ4v) is 3.89. The topological polar surface area (TPSA) is 84.6 Å². The molecule has 1 atom stereocenters. The fraction of sp³-hybridized carbons (Fsp3) is 0.393. The summed E-state index contributed by atoms with van der Waals surface area (Å²) in [5.74, 6) is 0.397. The molecule has 0 aromatic rings. The number of rotatable bonds is 14. The van der Waals surface area contributed by atoms with Gasteiger partial charge in [0.1, 0.15) is 0 Å². The first-order valence-electron chi connectivity index (χ1n) is 11.7. The fourth-order valence-electron chi connectivity index (χ4n) is 2.83. The summed E-state index contributed by atoms with van der Waals surface area (Å²) in [5, 5.41) is 15.2. The van der Waals surface area contributed by atoms with Crippen LogP contribution in [0.5, 0.6) is 0 Å². The van der Waals surface area contributed by atoms with E-state index in [1.807, 2.05) is 31.2 Å². The number of nitrogens with zero attached hydrogens (tertiary/aromatic N) is 2. The van der Waals surface area contributed by atoms with Gasteiger partial charge in [-0.25, -0.2) is 4.99 Å². The second kappa shape index (κ2) is 19.2. The number of thioether (sulfide) groups is 1. The third-order valence-electron chi connectivity index (χ3n) is 4.22. The van der Waals surface area contributed by atoms with Crippen LogP contribution >= 0.6 is 11.8 Å². The van der Waals surface area contributed by atoms with Crippen molar-refractivity contribution in [1.82, 2.24) is 5.32 Å². The number of amidine groups is 1. The van der Waals surface area contributed by atoms with Crippen molar-refractivity contribution >= 4 is 22.7 Å². The van der Waals surface area contributed by atoms with E-state index in [1.165, 1.54) is 43.0 Å². The lowest BCUT2D eigenvalue weighted by atomic mass is 10.1. The molecule has 0 bridgehead atoms. The monoisotopic (exact) mass is 497 g/mol. The van der Waals surface area contributed by atoms with Crippen molar-refractivity contribution in [3.05, 3.63) is 99.5 Å². The van der Waals surface area contributed by atoms with E-state index in [9.17, 15) is 14.9 Å². The number of hydrogen-bond acceptors (Lipinski definition) is 5. The van der Waals surface area contributed by atoms with Crippen LogP contribution in [0.2, 0.25) is 0 Å². The summed E-state index contributed by atoms with van der Waals surface area (Å²) >= 11 is 1.34. The van der Waals surface area contributed by atoms with Gasteiger partial charge in [0.05, 0.1) is 10.6 Å². The van der Waals surface area contributed by atoms with Crippen molar-refractivity contribution in [2.75, 3.05) is 0 Å². The van der Waals surface area contributed by atoms with Crippen molar-refractivity contribution in [3.63, 3.8) is 0 Å². The molecule has 0 fully saturated rings. The minimum absolute atomic E-state index is 0.0741. The minimum atomic E-state index is -0.477. The molecule has 0 aliphatic rings. The molecule has 0 aliphatic heterocycles. The Morgan fingerprint density at radius 3 is 2.54 bits per heavy atom. The maximum Gasteiger partial charge on any atom is 0.269 e. The molecule has 0 radical (unpaired) electrons. The summed E-state index contributed by atoms with van der Waals surface area (Å²) < 4.78 is 0. The third kappa shape index (κ3) is 17.0. The standard InChI is InChI=1S/C28H39N3O3S/c1-8-11-12-13-14-17-25(10-3)30-28(29-23(6)20-22(4)5)35-27(21-24(7)32)19-15-18-26(16-9-2)31(33)34/h9-13,15-18,21-23H,2,8,19-20H2,1,3-7H3,(H,29,30)/b12-11-,18-15-,25-10+,26-16+,27-21+. The van der Waals surface area contributed by atoms with Crippen LogP contribution in [0.15, 0.2) is 94.4 Å². The highest BCUT2D eigenvalue weighted by Crippen LogP contribution is 2.23. The van der Waals surface area contributed by atoms with E-state index in [0.717, 1.165) is 23.4 Å². The predicted octanol–water partition coefficient (Wildman–Crippen LogP) is 7.45. The lowest BCUT2D eigenvalue weighted by Gasteiger charge is -2.19. The van der Waals surface area contributed by atoms with Gasteiger partial charge in [-0.2, -0.15) is 0 Å². The Morgan fingerprint density at radius 1 is 1.29 bits per heavy atom. The summed E-state index contributed by atoms with van der Waals surface area (Å²) in [5.41, 5.74) is 3.76. The summed E-state index contributed by atoms with van der Waals surface area (Å²) in [7, 11) is 0. The van der Waals surface area contributed by atoms with Gasteiger partial charge in [0.2, 0.25) is 0 Å². The predicted molar refractivity (Wildman–Crippen MR) is 151 cm³/mol. The van der Waals surface area contributed by atoms with Gasteiger partial charge in [0, 0.05) is 29.2 Å². The van der Waals surface area contributed by atoms with Crippen molar-refractivity contribution in [2.24, 2.45) is 10.9 Å². The quantitative estimate of drug-likeness (QED) is 0.0512. The van der Waals surface area contributed by atoms with Gasteiger partial charge in [0.25, 0.3) is 5.70 Å². The normalized spacial score (nSPS) is 14.3. The number of nitrogens with one attached hydrogen (secondary N) is 1. The molecule has 0 aromatic heterocycles. The van der Waals surface area contributed by atoms with Gasteiger partial charge in [0.15, 0.2) is 11.0 Å². The zero-order chi connectivity index (χ0) is 26.6. The highest BCUT2D eigenvalue weighted by atomic mass is 32.2. The molecule has 7 heteroatoms. The molecule has 0 saturated heterocycles. The Hall–Kier alpha value is -3.15. The molecular weight excluding hydrogens is 458 g/mol. The number of hydrogen-bond donors (Lipinski definition) is 1. The molecule has 6 nitrogen and oxygen atoms in total. The van der Waals surface area contributed by atoms with Crippen molar-refractivity contribution < 1.29 is 9.72 Å². The van der Waals surface area contributed by atoms with Crippen LogP contribution in [0.25, 0.3) is 0 Å². The maximum absolute atomic E-state index is 11.9. The van der Waals surface area contributed by atoms with Gasteiger partial charge in [-0.05, 0) is 58.1 Å². The number of carbonyl (C=O) groups excluding carboxylic acids is 1. The molecule has 1 unspecified atom stereocenters. The van der Waals surface area contributed by atoms with Gasteiger partial charge in [-0.15, -0.1) is 5.73 Å². The van der Waals surface area contributed by atoms with Crippen LogP contribution in [-0.4, -0.2) is 21.9 Å². The number of ketones is 1. The molecule has 190 valence electrons. The first-order chi connectivity index (χ1) is 16.6. The van der Waals surface area contributed by atoms with Crippen molar-refractivity contribution in [3.8, 4) is 0 Å². The summed E-state index contributed by atoms with van der Waals surface area (Å²) in [6, 6.07) is 0.164. The molecule has 0 aromatic carbocycles. The first-order valence-corrected chi connectivity index (χ1v) is 12.6. The van der Waals surface area contributed by atoms with Crippen LogP contribution < -0.4 is 5.32 Å². The van der Waals surface area contributed by atoms with E-state index in [-0.39, 0.29) is 17.5 Å². The Morgan fingerprint density at radius 2 is 2.00 bits per heavy atom. The lowest BCUT2D eigenvalue weighted by Crippen LogP contribution is -2.32. The Kier molecular flexibility index (Phi) is 17.5. The van der Waals surface area contributed by atoms with E-state index in [1.54, 1.807) is 12.2 Å². The summed E-state index contributed by atoms with van der Waals surface area (Å²) in [6.07, 6.45) is 19.0. The molecule has 0 rings (SSSR count). The molecule has 0 amide bonds. The summed E-state index contributed by atoms with van der Waals surface area (Å²) in [4.78, 5) is 28.0. The lowest BCUT2D eigenvalue weighted by molar-refractivity contribution is -0.419. The molecule has 1 N–H and O–H groups in total. The molecule has 0 aliphatic carbocycles. The average Bonchev–Trinajstić information content (AvgIpc) is 2.76. The SMILES string of the molecule is C=C/C=C(\C=C/C/C(=C\C(C)=O)S/C(=N/C(C=C=C/C=C\CC)=C/C)NC(C)CC(C)C)[N+](=O)[O-]. The number of aliphatic imine (C=N–C) groups is 1. The Balaban J connectivity index is 6.03. The number of allylic oxidation sites excluding steroid dienone is 10. The van der Waals surface area contributed by atoms with Gasteiger partial charge >= 0.3 is 0 Å². The van der Waals surface area contributed by atoms with Crippen LogP contribution in [0.1, 0.15) is 60.8 Å². The van der Waals surface area contributed by atoms with Crippen molar-refractivity contribution in [1.29, 1.82) is 0 Å². The second-order valence-corrected chi connectivity index (χ2v) is 9.25. The highest BCUT2D eigenvalue weighted by Gasteiger charge is 2.12. The molecule has 0 heterocycles. The highest BCUT2D eigenvalue weighted by molar-refractivity contribution is 8.17. The molecule has 0 saturated carbocycles. The second-order valence-electron chi connectivity index (χ2n) is 8.13. The number of carbonyl (C=O) groups is 1. The molecular formula is C28H39N3O3S. The van der Waals surface area contributed by atoms with Crippen molar-refractivity contribution in [2.45, 2.75) is 66.8 Å². The first kappa shape index (κ1) is 31.9.